The Bertz CT molecular complexity index is 1140. The van der Waals surface area contributed by atoms with E-state index in [4.69, 9.17) is 24.5 Å². The summed E-state index contributed by atoms with van der Waals surface area (Å²) < 4.78 is 5.74. The lowest BCUT2D eigenvalue weighted by molar-refractivity contribution is -0.159. The van der Waals surface area contributed by atoms with Crippen molar-refractivity contribution in [2.75, 3.05) is 39.5 Å². The number of benzene rings is 3. The van der Waals surface area contributed by atoms with Crippen LogP contribution in [0.2, 0.25) is 0 Å². The molecule has 0 unspecified atom stereocenters. The van der Waals surface area contributed by atoms with Gasteiger partial charge in [-0.2, -0.15) is 11.8 Å². The summed E-state index contributed by atoms with van der Waals surface area (Å²) in [5.74, 6) is -0.848. The second-order valence-electron chi connectivity index (χ2n) is 8.51. The smallest absolute Gasteiger partial charge is 0.414 e. The maximum Gasteiger partial charge on any atom is 0.414 e. The first-order valence-corrected chi connectivity index (χ1v) is 13.3. The van der Waals surface area contributed by atoms with Crippen LogP contribution in [-0.2, 0) is 15.3 Å². The summed E-state index contributed by atoms with van der Waals surface area (Å²) in [6.07, 6.45) is 0.941. The number of carbonyl (C=O) groups is 3. The van der Waals surface area contributed by atoms with Crippen LogP contribution in [0.15, 0.2) is 78.9 Å². The first-order chi connectivity index (χ1) is 18.3. The van der Waals surface area contributed by atoms with Crippen molar-refractivity contribution in [2.24, 2.45) is 0 Å². The number of amides is 1. The number of carboxylic acid groups (broad SMARTS) is 2. The molecule has 3 aromatic carbocycles. The van der Waals surface area contributed by atoms with Gasteiger partial charge in [0, 0.05) is 23.6 Å². The van der Waals surface area contributed by atoms with Crippen LogP contribution in [0.4, 0.5) is 0 Å². The van der Waals surface area contributed by atoms with Gasteiger partial charge in [-0.3, -0.25) is 4.79 Å². The maximum atomic E-state index is 12.5. The molecule has 0 aliphatic carbocycles. The van der Waals surface area contributed by atoms with Gasteiger partial charge in [-0.05, 0) is 68.0 Å². The van der Waals surface area contributed by atoms with Gasteiger partial charge in [0.25, 0.3) is 5.91 Å². The predicted molar refractivity (Wildman–Crippen MR) is 151 cm³/mol. The summed E-state index contributed by atoms with van der Waals surface area (Å²) in [6, 6.07) is 26.3. The number of ether oxygens (including phenoxy) is 1. The van der Waals surface area contributed by atoms with Gasteiger partial charge in [-0.25, -0.2) is 9.59 Å². The minimum Gasteiger partial charge on any atom is -0.493 e. The second kappa shape index (κ2) is 16.8. The van der Waals surface area contributed by atoms with Crippen LogP contribution in [0.25, 0.3) is 11.1 Å². The maximum absolute atomic E-state index is 12.5. The van der Waals surface area contributed by atoms with Crippen molar-refractivity contribution in [1.82, 2.24) is 10.2 Å². The van der Waals surface area contributed by atoms with E-state index in [1.165, 1.54) is 5.56 Å². The van der Waals surface area contributed by atoms with Crippen molar-refractivity contribution in [3.63, 3.8) is 0 Å². The average molecular weight is 539 g/mol. The number of nitrogens with one attached hydrogen (secondary N) is 1. The van der Waals surface area contributed by atoms with E-state index in [2.05, 4.69) is 34.5 Å². The van der Waals surface area contributed by atoms with Gasteiger partial charge < -0.3 is 25.2 Å². The lowest BCUT2D eigenvalue weighted by Crippen LogP contribution is -2.27. The van der Waals surface area contributed by atoms with Crippen molar-refractivity contribution in [3.8, 4) is 16.9 Å². The summed E-state index contributed by atoms with van der Waals surface area (Å²) >= 11 is 1.86. The Morgan fingerprint density at radius 3 is 2.18 bits per heavy atom. The molecule has 0 heterocycles. The zero-order valence-electron chi connectivity index (χ0n) is 21.6. The summed E-state index contributed by atoms with van der Waals surface area (Å²) in [5.41, 5.74) is 4.16. The van der Waals surface area contributed by atoms with Crippen molar-refractivity contribution in [1.29, 1.82) is 0 Å². The molecule has 0 radical (unpaired) electrons. The molecule has 9 heteroatoms. The fourth-order valence-corrected chi connectivity index (χ4v) is 4.03. The molecule has 0 bridgehead atoms. The zero-order valence-corrected chi connectivity index (χ0v) is 22.4. The summed E-state index contributed by atoms with van der Waals surface area (Å²) in [6.45, 7) is 2.35. The van der Waals surface area contributed by atoms with E-state index in [0.29, 0.717) is 18.7 Å². The number of hydrogen-bond donors (Lipinski definition) is 3. The predicted octanol–water partition coefficient (Wildman–Crippen LogP) is 4.50. The molecule has 3 aromatic rings. The molecule has 0 saturated carbocycles. The molecule has 8 nitrogen and oxygen atoms in total. The monoisotopic (exact) mass is 538 g/mol. The van der Waals surface area contributed by atoms with Crippen LogP contribution >= 0.6 is 11.8 Å². The molecule has 0 atom stereocenters. The summed E-state index contributed by atoms with van der Waals surface area (Å²) in [5, 5.41) is 17.8. The standard InChI is InChI=1S/C27H32N2O2S.C2H2O4/c1-29(2)17-7-16-28-27(30)25-9-6-8-24(20-25)23-14-12-22(13-15-23)21-32-19-18-31-26-10-4-3-5-11-26;3-1(4)2(5)6/h3-6,8-15,20H,7,16-19,21H2,1-2H3,(H,28,30);(H,3,4)(H,5,6). The quantitative estimate of drug-likeness (QED) is 0.228. The van der Waals surface area contributed by atoms with Crippen LogP contribution in [0, 0.1) is 0 Å². The fourth-order valence-electron chi connectivity index (χ4n) is 3.26. The molecule has 0 fully saturated rings. The molecule has 0 aliphatic heterocycles. The van der Waals surface area contributed by atoms with Gasteiger partial charge in [-0.1, -0.05) is 54.6 Å². The van der Waals surface area contributed by atoms with Crippen molar-refractivity contribution in [2.45, 2.75) is 12.2 Å². The molecule has 0 aromatic heterocycles. The molecule has 202 valence electrons. The van der Waals surface area contributed by atoms with Gasteiger partial charge in [0.2, 0.25) is 0 Å². The second-order valence-corrected chi connectivity index (χ2v) is 9.62. The van der Waals surface area contributed by atoms with Crippen molar-refractivity contribution >= 4 is 29.6 Å². The zero-order chi connectivity index (χ0) is 27.8. The number of aliphatic carboxylic acids is 2. The number of carboxylic acids is 2. The normalized spacial score (nSPS) is 10.3. The SMILES string of the molecule is CN(C)CCCNC(=O)c1cccc(-c2ccc(CSCCOc3ccccc3)cc2)c1.O=C(O)C(=O)O. The van der Waals surface area contributed by atoms with E-state index in [1.54, 1.807) is 0 Å². The topological polar surface area (TPSA) is 116 Å². The van der Waals surface area contributed by atoms with Crippen LogP contribution in [0.5, 0.6) is 5.75 Å². The van der Waals surface area contributed by atoms with Crippen LogP contribution in [-0.4, -0.2) is 72.5 Å². The lowest BCUT2D eigenvalue weighted by Gasteiger charge is -2.10. The number of rotatable bonds is 12. The molecule has 3 rings (SSSR count). The molecule has 1 amide bonds. The molecule has 0 saturated heterocycles. The molecule has 38 heavy (non-hydrogen) atoms. The number of nitrogens with zero attached hydrogens (tertiary/aromatic N) is 1. The molecule has 0 spiro atoms. The van der Waals surface area contributed by atoms with E-state index >= 15 is 0 Å². The van der Waals surface area contributed by atoms with Crippen molar-refractivity contribution in [3.05, 3.63) is 90.0 Å². The first-order valence-electron chi connectivity index (χ1n) is 12.1. The molecular weight excluding hydrogens is 504 g/mol. The highest BCUT2D eigenvalue weighted by Crippen LogP contribution is 2.23. The number of thioether (sulfide) groups is 1. The fraction of sp³-hybridized carbons (Fsp3) is 0.276. The Morgan fingerprint density at radius 2 is 1.55 bits per heavy atom. The van der Waals surface area contributed by atoms with Gasteiger partial charge >= 0.3 is 11.9 Å². The first kappa shape index (κ1) is 30.4. The van der Waals surface area contributed by atoms with Crippen LogP contribution in [0.3, 0.4) is 0 Å². The van der Waals surface area contributed by atoms with Crippen molar-refractivity contribution < 1.29 is 29.3 Å². The highest BCUT2D eigenvalue weighted by Gasteiger charge is 2.07. The van der Waals surface area contributed by atoms with Gasteiger partial charge in [0.1, 0.15) is 5.75 Å². The lowest BCUT2D eigenvalue weighted by atomic mass is 10.0. The Balaban J connectivity index is 0.000000757. The Morgan fingerprint density at radius 1 is 0.868 bits per heavy atom. The Hall–Kier alpha value is -3.82. The third-order valence-corrected chi connectivity index (χ3v) is 6.16. The molecule has 0 aliphatic rings. The van der Waals surface area contributed by atoms with Gasteiger partial charge in [0.05, 0.1) is 6.61 Å². The number of para-hydroxylation sites is 1. The van der Waals surface area contributed by atoms with Gasteiger partial charge in [-0.15, -0.1) is 0 Å². The highest BCUT2D eigenvalue weighted by atomic mass is 32.2. The van der Waals surface area contributed by atoms with E-state index < -0.39 is 11.9 Å². The van der Waals surface area contributed by atoms with E-state index in [9.17, 15) is 4.79 Å². The molecular formula is C29H34N2O6S. The van der Waals surface area contributed by atoms with Crippen LogP contribution < -0.4 is 10.1 Å². The summed E-state index contributed by atoms with van der Waals surface area (Å²) in [4.78, 5) is 32.8. The summed E-state index contributed by atoms with van der Waals surface area (Å²) in [7, 11) is 4.07. The van der Waals surface area contributed by atoms with E-state index in [0.717, 1.165) is 41.3 Å². The Kier molecular flexibility index (Phi) is 13.5. The largest absolute Gasteiger partial charge is 0.493 e. The van der Waals surface area contributed by atoms with E-state index in [1.807, 2.05) is 80.5 Å². The van der Waals surface area contributed by atoms with Crippen LogP contribution in [0.1, 0.15) is 22.3 Å². The number of hydrogen-bond acceptors (Lipinski definition) is 6. The van der Waals surface area contributed by atoms with Gasteiger partial charge in [0.15, 0.2) is 0 Å². The highest BCUT2D eigenvalue weighted by molar-refractivity contribution is 7.98. The van der Waals surface area contributed by atoms with E-state index in [-0.39, 0.29) is 5.91 Å². The number of carbonyl (C=O) groups excluding carboxylic acids is 1. The third kappa shape index (κ3) is 11.9. The third-order valence-electron chi connectivity index (χ3n) is 5.17. The average Bonchev–Trinajstić information content (AvgIpc) is 2.92. The minimum atomic E-state index is -1.82. The minimum absolute atomic E-state index is 0.0173. The molecule has 3 N–H and O–H groups in total. The Labute approximate surface area is 227 Å².